The van der Waals surface area contributed by atoms with Crippen molar-refractivity contribution in [2.45, 2.75) is 31.7 Å². The summed E-state index contributed by atoms with van der Waals surface area (Å²) < 4.78 is 43.9. The number of ether oxygens (including phenoxy) is 1. The normalized spacial score (nSPS) is 17.5. The van der Waals surface area contributed by atoms with Crippen LogP contribution in [0.2, 0.25) is 5.02 Å². The van der Waals surface area contributed by atoms with Crippen molar-refractivity contribution < 1.29 is 27.5 Å². The zero-order valence-corrected chi connectivity index (χ0v) is 15.5. The van der Waals surface area contributed by atoms with Gasteiger partial charge >= 0.3 is 12.3 Å². The summed E-state index contributed by atoms with van der Waals surface area (Å²) in [4.78, 5) is 25.8. The quantitative estimate of drug-likeness (QED) is 0.679. The number of nitrogens with zero attached hydrogens (tertiary/aromatic N) is 1. The summed E-state index contributed by atoms with van der Waals surface area (Å²) in [5.41, 5.74) is 0.203. The van der Waals surface area contributed by atoms with E-state index in [-0.39, 0.29) is 36.8 Å². The van der Waals surface area contributed by atoms with Crippen molar-refractivity contribution in [3.8, 4) is 0 Å². The molecule has 1 heterocycles. The maximum Gasteiger partial charge on any atom is 0.416 e. The first-order valence-electron chi connectivity index (χ1n) is 8.61. The summed E-state index contributed by atoms with van der Waals surface area (Å²) in [6.45, 7) is 0.173. The lowest BCUT2D eigenvalue weighted by Gasteiger charge is -2.35. The third-order valence-corrected chi connectivity index (χ3v) is 4.88. The molecule has 0 N–H and O–H groups in total. The number of piperidine rings is 1. The molecule has 1 atom stereocenters. The number of hydrogen-bond acceptors (Lipinski definition) is 3. The van der Waals surface area contributed by atoms with Gasteiger partial charge in [-0.1, -0.05) is 48.0 Å². The van der Waals surface area contributed by atoms with Crippen LogP contribution in [0.5, 0.6) is 0 Å². The van der Waals surface area contributed by atoms with Crippen LogP contribution in [0.1, 0.15) is 35.6 Å². The molecule has 28 heavy (non-hydrogen) atoms. The van der Waals surface area contributed by atoms with Crippen LogP contribution in [0.4, 0.5) is 18.0 Å². The van der Waals surface area contributed by atoms with E-state index in [0.717, 1.165) is 17.7 Å². The maximum absolute atomic E-state index is 12.9. The molecule has 2 aromatic carbocycles. The fourth-order valence-electron chi connectivity index (χ4n) is 3.10. The van der Waals surface area contributed by atoms with Crippen LogP contribution in [0.15, 0.2) is 48.5 Å². The van der Waals surface area contributed by atoms with Crippen molar-refractivity contribution >= 4 is 23.5 Å². The fourth-order valence-corrected chi connectivity index (χ4v) is 3.41. The van der Waals surface area contributed by atoms with Crippen LogP contribution in [-0.4, -0.2) is 23.3 Å². The standard InChI is InChI=1S/C20H17ClF3NO3/c21-17-10-14(20(22,23)24)6-7-16(17)18-11-15(26)8-9-25(18)19(27)28-12-13-4-2-1-3-5-13/h1-7,10,18H,8-9,11-12H2. The molecule has 1 saturated heterocycles. The Morgan fingerprint density at radius 1 is 1.18 bits per heavy atom. The van der Waals surface area contributed by atoms with E-state index in [1.54, 1.807) is 12.1 Å². The van der Waals surface area contributed by atoms with Crippen LogP contribution in [0.25, 0.3) is 0 Å². The monoisotopic (exact) mass is 411 g/mol. The second kappa shape index (κ2) is 8.22. The van der Waals surface area contributed by atoms with Gasteiger partial charge < -0.3 is 9.64 Å². The molecule has 1 unspecified atom stereocenters. The van der Waals surface area contributed by atoms with Crippen LogP contribution < -0.4 is 0 Å². The highest BCUT2D eigenvalue weighted by Gasteiger charge is 2.36. The minimum Gasteiger partial charge on any atom is -0.445 e. The van der Waals surface area contributed by atoms with Gasteiger partial charge in [-0.15, -0.1) is 0 Å². The van der Waals surface area contributed by atoms with Gasteiger partial charge in [0.25, 0.3) is 0 Å². The number of rotatable bonds is 3. The van der Waals surface area contributed by atoms with Crippen LogP contribution >= 0.6 is 11.6 Å². The highest BCUT2D eigenvalue weighted by molar-refractivity contribution is 6.31. The van der Waals surface area contributed by atoms with Gasteiger partial charge in [-0.05, 0) is 23.3 Å². The van der Waals surface area contributed by atoms with E-state index in [1.807, 2.05) is 18.2 Å². The molecule has 1 aliphatic heterocycles. The Bertz CT molecular complexity index is 871. The number of alkyl halides is 3. The molecule has 148 valence electrons. The van der Waals surface area contributed by atoms with Crippen molar-refractivity contribution in [1.82, 2.24) is 4.90 Å². The van der Waals surface area contributed by atoms with Crippen molar-refractivity contribution in [3.05, 3.63) is 70.2 Å². The number of halogens is 4. The fraction of sp³-hybridized carbons (Fsp3) is 0.300. The molecule has 1 amide bonds. The molecule has 0 spiro atoms. The van der Waals surface area contributed by atoms with Gasteiger partial charge in [-0.2, -0.15) is 13.2 Å². The topological polar surface area (TPSA) is 46.6 Å². The molecule has 2 aromatic rings. The Morgan fingerprint density at radius 3 is 2.54 bits per heavy atom. The first kappa shape index (κ1) is 20.2. The molecule has 0 bridgehead atoms. The lowest BCUT2D eigenvalue weighted by molar-refractivity contribution is -0.137. The molecule has 1 fully saturated rings. The van der Waals surface area contributed by atoms with Crippen molar-refractivity contribution in [1.29, 1.82) is 0 Å². The molecule has 4 nitrogen and oxygen atoms in total. The summed E-state index contributed by atoms with van der Waals surface area (Å²) in [6, 6.07) is 11.2. The minimum absolute atomic E-state index is 0.0223. The van der Waals surface area contributed by atoms with Crippen LogP contribution in [0.3, 0.4) is 0 Å². The molecular weight excluding hydrogens is 395 g/mol. The number of hydrogen-bond donors (Lipinski definition) is 0. The Kier molecular flexibility index (Phi) is 5.93. The first-order valence-corrected chi connectivity index (χ1v) is 8.99. The number of ketones is 1. The second-order valence-corrected chi connectivity index (χ2v) is 6.88. The summed E-state index contributed by atoms with van der Waals surface area (Å²) in [7, 11) is 0. The molecular formula is C20H17ClF3NO3. The average Bonchev–Trinajstić information content (AvgIpc) is 2.66. The molecule has 1 aliphatic rings. The van der Waals surface area contributed by atoms with E-state index in [4.69, 9.17) is 16.3 Å². The summed E-state index contributed by atoms with van der Waals surface area (Å²) >= 11 is 6.07. The Morgan fingerprint density at radius 2 is 1.89 bits per heavy atom. The van der Waals surface area contributed by atoms with Gasteiger partial charge in [0.2, 0.25) is 0 Å². The van der Waals surface area contributed by atoms with E-state index in [0.29, 0.717) is 5.56 Å². The molecule has 0 saturated carbocycles. The van der Waals surface area contributed by atoms with Crippen molar-refractivity contribution in [2.75, 3.05) is 6.54 Å². The number of amides is 1. The summed E-state index contributed by atoms with van der Waals surface area (Å²) in [5.74, 6) is -0.0897. The number of carbonyl (C=O) groups is 2. The number of benzene rings is 2. The van der Waals surface area contributed by atoms with Gasteiger partial charge in [0.15, 0.2) is 0 Å². The predicted octanol–water partition coefficient (Wildman–Crippen LogP) is 5.40. The Labute approximate surface area is 164 Å². The molecule has 0 radical (unpaired) electrons. The Balaban J connectivity index is 1.80. The number of Topliss-reactive ketones (excluding diaryl/α,β-unsaturated/α-hetero) is 1. The van der Waals surface area contributed by atoms with E-state index in [9.17, 15) is 22.8 Å². The lowest BCUT2D eigenvalue weighted by Crippen LogP contribution is -2.41. The van der Waals surface area contributed by atoms with Crippen LogP contribution in [0, 0.1) is 0 Å². The second-order valence-electron chi connectivity index (χ2n) is 6.48. The smallest absolute Gasteiger partial charge is 0.416 e. The van der Waals surface area contributed by atoms with E-state index in [2.05, 4.69) is 0 Å². The number of carbonyl (C=O) groups excluding carboxylic acids is 2. The Hall–Kier alpha value is -2.54. The van der Waals surface area contributed by atoms with E-state index in [1.165, 1.54) is 11.0 Å². The first-order chi connectivity index (χ1) is 13.3. The van der Waals surface area contributed by atoms with E-state index >= 15 is 0 Å². The van der Waals surface area contributed by atoms with Gasteiger partial charge in [0, 0.05) is 24.4 Å². The zero-order valence-electron chi connectivity index (χ0n) is 14.7. The van der Waals surface area contributed by atoms with Crippen LogP contribution in [-0.2, 0) is 22.3 Å². The van der Waals surface area contributed by atoms with Crippen molar-refractivity contribution in [3.63, 3.8) is 0 Å². The third-order valence-electron chi connectivity index (χ3n) is 4.56. The predicted molar refractivity (Wildman–Crippen MR) is 96.8 cm³/mol. The number of likely N-dealkylation sites (tertiary alicyclic amines) is 1. The van der Waals surface area contributed by atoms with Crippen molar-refractivity contribution in [2.24, 2.45) is 0 Å². The van der Waals surface area contributed by atoms with Gasteiger partial charge in [-0.3, -0.25) is 4.79 Å². The highest BCUT2D eigenvalue weighted by atomic mass is 35.5. The SMILES string of the molecule is O=C1CCN(C(=O)OCc2ccccc2)C(c2ccc(C(F)(F)F)cc2Cl)C1. The maximum atomic E-state index is 12.9. The largest absolute Gasteiger partial charge is 0.445 e. The molecule has 3 rings (SSSR count). The average molecular weight is 412 g/mol. The highest BCUT2D eigenvalue weighted by Crippen LogP contribution is 2.38. The molecule has 0 aliphatic carbocycles. The lowest BCUT2D eigenvalue weighted by atomic mass is 9.94. The van der Waals surface area contributed by atoms with Gasteiger partial charge in [0.05, 0.1) is 11.6 Å². The summed E-state index contributed by atoms with van der Waals surface area (Å²) in [5, 5.41) is -0.143. The summed E-state index contributed by atoms with van der Waals surface area (Å²) in [6.07, 6.45) is -5.03. The van der Waals surface area contributed by atoms with E-state index < -0.39 is 23.9 Å². The minimum atomic E-state index is -4.53. The molecule has 8 heteroatoms. The zero-order chi connectivity index (χ0) is 20.3. The molecule has 0 aromatic heterocycles. The third kappa shape index (κ3) is 4.65. The van der Waals surface area contributed by atoms with Gasteiger partial charge in [0.1, 0.15) is 12.4 Å². The van der Waals surface area contributed by atoms with Gasteiger partial charge in [-0.25, -0.2) is 4.79 Å².